The first-order valence-electron chi connectivity index (χ1n) is 9.34. The second kappa shape index (κ2) is 7.79. The van der Waals surface area contributed by atoms with Gasteiger partial charge in [0.1, 0.15) is 10.5 Å². The number of rotatable bonds is 6. The maximum absolute atomic E-state index is 6.00. The van der Waals surface area contributed by atoms with Gasteiger partial charge in [-0.05, 0) is 20.3 Å². The van der Waals surface area contributed by atoms with Crippen molar-refractivity contribution in [1.82, 2.24) is 9.55 Å². The first-order valence-corrected chi connectivity index (χ1v) is 9.74. The Bertz CT molecular complexity index is 780. The van der Waals surface area contributed by atoms with Crippen LogP contribution in [0.25, 0.3) is 11.4 Å². The number of unbranched alkanes of at least 4 members (excludes halogenated alkanes) is 3. The topological polar surface area (TPSA) is 27.1 Å². The van der Waals surface area contributed by atoms with Crippen LogP contribution in [0, 0.1) is 4.64 Å². The molecular weight excluding hydrogens is 328 g/mol. The number of ether oxygens (including phenoxy) is 1. The first-order chi connectivity index (χ1) is 12.0. The SMILES string of the molecule is CCCCCCn1c(-c2ccccc2)nc(=S)c2c1CC(C)(C)OC2. The molecule has 0 spiro atoms. The van der Waals surface area contributed by atoms with Crippen LogP contribution in [0.15, 0.2) is 30.3 Å². The van der Waals surface area contributed by atoms with Gasteiger partial charge in [0.05, 0.1) is 12.2 Å². The lowest BCUT2D eigenvalue weighted by Gasteiger charge is -2.34. The first kappa shape index (κ1) is 18.3. The maximum atomic E-state index is 6.00. The van der Waals surface area contributed by atoms with E-state index >= 15 is 0 Å². The maximum Gasteiger partial charge on any atom is 0.141 e. The number of aromatic nitrogens is 2. The van der Waals surface area contributed by atoms with E-state index < -0.39 is 0 Å². The molecule has 0 unspecified atom stereocenters. The van der Waals surface area contributed by atoms with Crippen LogP contribution in [0.1, 0.15) is 57.7 Å². The van der Waals surface area contributed by atoms with Crippen molar-refractivity contribution in [3.63, 3.8) is 0 Å². The van der Waals surface area contributed by atoms with Gasteiger partial charge >= 0.3 is 0 Å². The highest BCUT2D eigenvalue weighted by atomic mass is 32.1. The number of benzene rings is 1. The summed E-state index contributed by atoms with van der Waals surface area (Å²) >= 11 is 5.61. The average Bonchev–Trinajstić information content (AvgIpc) is 2.60. The standard InChI is InChI=1S/C21H28N2OS/c1-4-5-6-10-13-23-18-14-21(2,3)24-15-17(18)20(25)22-19(23)16-11-8-7-9-12-16/h7-9,11-12H,4-6,10,13-15H2,1-3H3. The third kappa shape index (κ3) is 4.18. The van der Waals surface area contributed by atoms with Crippen molar-refractivity contribution in [2.75, 3.05) is 0 Å². The molecular formula is C21H28N2OS. The Balaban J connectivity index is 2.08. The Morgan fingerprint density at radius 2 is 1.92 bits per heavy atom. The highest BCUT2D eigenvalue weighted by Gasteiger charge is 2.30. The van der Waals surface area contributed by atoms with Crippen molar-refractivity contribution in [2.24, 2.45) is 0 Å². The summed E-state index contributed by atoms with van der Waals surface area (Å²) in [4.78, 5) is 4.80. The van der Waals surface area contributed by atoms with Gasteiger partial charge in [0.2, 0.25) is 0 Å². The van der Waals surface area contributed by atoms with Crippen molar-refractivity contribution < 1.29 is 4.74 Å². The number of hydrogen-bond donors (Lipinski definition) is 0. The molecule has 1 aliphatic heterocycles. The summed E-state index contributed by atoms with van der Waals surface area (Å²) in [5.41, 5.74) is 3.39. The number of hydrogen-bond acceptors (Lipinski definition) is 3. The predicted octanol–water partition coefficient (Wildman–Crippen LogP) is 5.71. The summed E-state index contributed by atoms with van der Waals surface area (Å²) in [6.07, 6.45) is 5.83. The lowest BCUT2D eigenvalue weighted by Crippen LogP contribution is -2.35. The fourth-order valence-electron chi connectivity index (χ4n) is 3.45. The monoisotopic (exact) mass is 356 g/mol. The molecule has 1 aromatic heterocycles. The molecule has 0 saturated heterocycles. The third-order valence-electron chi connectivity index (χ3n) is 4.86. The lowest BCUT2D eigenvalue weighted by atomic mass is 9.95. The van der Waals surface area contributed by atoms with E-state index in [-0.39, 0.29) is 5.60 Å². The van der Waals surface area contributed by atoms with Crippen LogP contribution in [0.3, 0.4) is 0 Å². The lowest BCUT2D eigenvalue weighted by molar-refractivity contribution is -0.0428. The minimum atomic E-state index is -0.157. The minimum Gasteiger partial charge on any atom is -0.370 e. The van der Waals surface area contributed by atoms with E-state index in [2.05, 4.69) is 49.6 Å². The molecule has 0 saturated carbocycles. The summed E-state index contributed by atoms with van der Waals surface area (Å²) in [6, 6.07) is 10.4. The van der Waals surface area contributed by atoms with Gasteiger partial charge in [0, 0.05) is 29.8 Å². The normalized spacial score (nSPS) is 15.8. The van der Waals surface area contributed by atoms with Gasteiger partial charge in [-0.25, -0.2) is 4.98 Å². The van der Waals surface area contributed by atoms with E-state index in [0.717, 1.165) is 29.9 Å². The zero-order valence-corrected chi connectivity index (χ0v) is 16.4. The molecule has 2 aromatic rings. The van der Waals surface area contributed by atoms with Crippen molar-refractivity contribution >= 4 is 12.2 Å². The molecule has 0 bridgehead atoms. The van der Waals surface area contributed by atoms with Crippen LogP contribution in [0.2, 0.25) is 0 Å². The van der Waals surface area contributed by atoms with E-state index in [1.807, 2.05) is 6.07 Å². The number of nitrogens with zero attached hydrogens (tertiary/aromatic N) is 2. The zero-order chi connectivity index (χ0) is 17.9. The van der Waals surface area contributed by atoms with Gasteiger partial charge in [-0.2, -0.15) is 0 Å². The summed E-state index contributed by atoms with van der Waals surface area (Å²) < 4.78 is 9.09. The Kier molecular flexibility index (Phi) is 5.70. The molecule has 25 heavy (non-hydrogen) atoms. The highest BCUT2D eigenvalue weighted by Crippen LogP contribution is 2.31. The van der Waals surface area contributed by atoms with Crippen molar-refractivity contribution in [3.05, 3.63) is 46.2 Å². The van der Waals surface area contributed by atoms with Gasteiger partial charge in [-0.1, -0.05) is 68.7 Å². The molecule has 0 radical (unpaired) electrons. The van der Waals surface area contributed by atoms with Crippen LogP contribution in [0.4, 0.5) is 0 Å². The van der Waals surface area contributed by atoms with Gasteiger partial charge in [-0.15, -0.1) is 0 Å². The summed E-state index contributed by atoms with van der Waals surface area (Å²) in [6.45, 7) is 8.12. The van der Waals surface area contributed by atoms with Crippen molar-refractivity contribution in [1.29, 1.82) is 0 Å². The van der Waals surface area contributed by atoms with E-state index in [1.54, 1.807) is 0 Å². The molecule has 0 fully saturated rings. The molecule has 0 amide bonds. The molecule has 1 aliphatic rings. The Morgan fingerprint density at radius 3 is 2.64 bits per heavy atom. The third-order valence-corrected chi connectivity index (χ3v) is 5.20. The second-order valence-corrected chi connectivity index (χ2v) is 7.86. The molecule has 134 valence electrons. The fourth-order valence-corrected chi connectivity index (χ4v) is 3.72. The highest BCUT2D eigenvalue weighted by molar-refractivity contribution is 7.71. The molecule has 2 heterocycles. The van der Waals surface area contributed by atoms with Crippen LogP contribution >= 0.6 is 12.2 Å². The molecule has 0 atom stereocenters. The smallest absolute Gasteiger partial charge is 0.141 e. The Labute approximate surface area is 156 Å². The van der Waals surface area contributed by atoms with Crippen molar-refractivity contribution in [3.8, 4) is 11.4 Å². The quantitative estimate of drug-likeness (QED) is 0.490. The fraction of sp³-hybridized carbons (Fsp3) is 0.524. The molecule has 3 rings (SSSR count). The van der Waals surface area contributed by atoms with Crippen LogP contribution in [-0.4, -0.2) is 15.2 Å². The zero-order valence-electron chi connectivity index (χ0n) is 15.5. The second-order valence-electron chi connectivity index (χ2n) is 7.47. The van der Waals surface area contributed by atoms with E-state index in [1.165, 1.54) is 31.4 Å². The Morgan fingerprint density at radius 1 is 1.16 bits per heavy atom. The van der Waals surface area contributed by atoms with Crippen LogP contribution in [-0.2, 0) is 24.3 Å². The number of fused-ring (bicyclic) bond motifs is 1. The summed E-state index contributed by atoms with van der Waals surface area (Å²) in [7, 11) is 0. The molecule has 1 aromatic carbocycles. The van der Waals surface area contributed by atoms with Gasteiger partial charge in [0.25, 0.3) is 0 Å². The van der Waals surface area contributed by atoms with E-state index in [0.29, 0.717) is 11.2 Å². The van der Waals surface area contributed by atoms with Crippen molar-refractivity contribution in [2.45, 2.75) is 71.6 Å². The average molecular weight is 357 g/mol. The van der Waals surface area contributed by atoms with Gasteiger partial charge in [-0.3, -0.25) is 0 Å². The predicted molar refractivity (Wildman–Crippen MR) is 105 cm³/mol. The minimum absolute atomic E-state index is 0.157. The summed E-state index contributed by atoms with van der Waals surface area (Å²) in [5, 5.41) is 0. The van der Waals surface area contributed by atoms with Gasteiger partial charge < -0.3 is 9.30 Å². The largest absolute Gasteiger partial charge is 0.370 e. The van der Waals surface area contributed by atoms with Gasteiger partial charge in [0.15, 0.2) is 0 Å². The van der Waals surface area contributed by atoms with Crippen LogP contribution < -0.4 is 0 Å². The molecule has 0 aliphatic carbocycles. The molecule has 0 N–H and O–H groups in total. The van der Waals surface area contributed by atoms with E-state index in [9.17, 15) is 0 Å². The molecule has 4 heteroatoms. The van der Waals surface area contributed by atoms with E-state index in [4.69, 9.17) is 21.9 Å². The Hall–Kier alpha value is -1.52. The van der Waals surface area contributed by atoms with Crippen LogP contribution in [0.5, 0.6) is 0 Å². The summed E-state index contributed by atoms with van der Waals surface area (Å²) in [5.74, 6) is 0.999. The molecule has 3 nitrogen and oxygen atoms in total.